The van der Waals surface area contributed by atoms with E-state index >= 15 is 0 Å². The Labute approximate surface area is 316 Å². The lowest BCUT2D eigenvalue weighted by Gasteiger charge is -2.17. The third-order valence-electron chi connectivity index (χ3n) is 10.3. The number of aromatic hydroxyl groups is 2. The molecule has 0 saturated heterocycles. The molecule has 0 aromatic heterocycles. The number of phenolic OH excluding ortho intramolecular Hbond substituents is 2. The largest absolute Gasteiger partial charge is 0.507 e. The number of phenols is 2. The number of fused-ring (bicyclic) bond motifs is 2. The number of nitrogens with zero attached hydrogens (tertiary/aromatic N) is 2. The molecule has 8 aromatic carbocycles. The Kier molecular flexibility index (Phi) is 9.57. The van der Waals surface area contributed by atoms with E-state index < -0.39 is 0 Å². The van der Waals surface area contributed by atoms with Crippen LogP contribution in [-0.4, -0.2) is 34.7 Å². The standard InChI is InChI=1S/C50H40N2O2/c1-33(51-31-39-29-37-21-9-11-25-43(37)47(49(39)53)45-27-15-13-23-41(45)35-17-5-3-6-18-35)34(2)52-32-40-30-38-22-10-12-26-44(38)48(50(40)54)46-28-16-14-24-42(46)36-19-7-4-8-20-36/h3-34,53-54H,1-2H3. The molecule has 0 saturated carbocycles. The first-order chi connectivity index (χ1) is 26.5. The summed E-state index contributed by atoms with van der Waals surface area (Å²) in [5, 5.41) is 27.8. The zero-order chi connectivity index (χ0) is 37.0. The lowest BCUT2D eigenvalue weighted by atomic mass is 9.89. The molecule has 2 atom stereocenters. The van der Waals surface area contributed by atoms with Gasteiger partial charge in [0, 0.05) is 34.7 Å². The summed E-state index contributed by atoms with van der Waals surface area (Å²) in [6.45, 7) is 4.04. The molecule has 2 N–H and O–H groups in total. The molecule has 2 unspecified atom stereocenters. The SMILES string of the molecule is CC(N=Cc1cc2ccccc2c(-c2ccccc2-c2ccccc2)c1O)C(C)N=Cc1cc2ccccc2c(-c2ccccc2-c2ccccc2)c1O. The van der Waals surface area contributed by atoms with Crippen LogP contribution in [0.1, 0.15) is 25.0 Å². The van der Waals surface area contributed by atoms with Crippen LogP contribution in [0.4, 0.5) is 0 Å². The Balaban J connectivity index is 1.13. The number of rotatable bonds is 9. The van der Waals surface area contributed by atoms with Crippen LogP contribution in [-0.2, 0) is 0 Å². The molecule has 262 valence electrons. The highest BCUT2D eigenvalue weighted by atomic mass is 16.3. The molecule has 54 heavy (non-hydrogen) atoms. The van der Waals surface area contributed by atoms with Crippen LogP contribution in [0.2, 0.25) is 0 Å². The van der Waals surface area contributed by atoms with E-state index in [2.05, 4.69) is 72.8 Å². The van der Waals surface area contributed by atoms with E-state index in [1.165, 1.54) is 0 Å². The number of benzene rings is 8. The second kappa shape index (κ2) is 15.1. The van der Waals surface area contributed by atoms with Gasteiger partial charge in [-0.2, -0.15) is 0 Å². The van der Waals surface area contributed by atoms with Gasteiger partial charge in [-0.15, -0.1) is 0 Å². The van der Waals surface area contributed by atoms with Crippen LogP contribution < -0.4 is 0 Å². The van der Waals surface area contributed by atoms with Crippen molar-refractivity contribution in [2.75, 3.05) is 0 Å². The predicted octanol–water partition coefficient (Wildman–Crippen LogP) is 12.4. The van der Waals surface area contributed by atoms with Crippen LogP contribution in [0.15, 0.2) is 180 Å². The molecule has 4 nitrogen and oxygen atoms in total. The summed E-state index contributed by atoms with van der Waals surface area (Å²) < 4.78 is 0. The van der Waals surface area contributed by atoms with Crippen LogP contribution in [0.25, 0.3) is 66.1 Å². The Bertz CT molecular complexity index is 2480. The minimum atomic E-state index is -0.215. The molecular formula is C50H40N2O2. The van der Waals surface area contributed by atoms with Crippen molar-refractivity contribution >= 4 is 34.0 Å². The van der Waals surface area contributed by atoms with Crippen molar-refractivity contribution in [1.29, 1.82) is 0 Å². The summed E-state index contributed by atoms with van der Waals surface area (Å²) in [7, 11) is 0. The molecule has 0 bridgehead atoms. The van der Waals surface area contributed by atoms with E-state index in [1.807, 2.05) is 111 Å². The Morgan fingerprint density at radius 2 is 0.741 bits per heavy atom. The fraction of sp³-hybridized carbons (Fsp3) is 0.0800. The minimum absolute atomic E-state index is 0.189. The third-order valence-corrected chi connectivity index (χ3v) is 10.3. The van der Waals surface area contributed by atoms with E-state index in [0.717, 1.165) is 66.1 Å². The highest BCUT2D eigenvalue weighted by molar-refractivity contribution is 6.09. The molecule has 0 radical (unpaired) electrons. The van der Waals surface area contributed by atoms with E-state index in [1.54, 1.807) is 12.4 Å². The molecule has 0 fully saturated rings. The quantitative estimate of drug-likeness (QED) is 0.147. The first kappa shape index (κ1) is 34.3. The van der Waals surface area contributed by atoms with Crippen LogP contribution in [0.5, 0.6) is 11.5 Å². The van der Waals surface area contributed by atoms with E-state index in [-0.39, 0.29) is 23.6 Å². The average Bonchev–Trinajstić information content (AvgIpc) is 3.22. The number of hydrogen-bond acceptors (Lipinski definition) is 4. The average molecular weight is 701 g/mol. The maximum Gasteiger partial charge on any atom is 0.132 e. The van der Waals surface area contributed by atoms with Crippen molar-refractivity contribution in [1.82, 2.24) is 0 Å². The molecule has 0 aliphatic rings. The van der Waals surface area contributed by atoms with E-state index in [0.29, 0.717) is 11.1 Å². The van der Waals surface area contributed by atoms with Gasteiger partial charge in [0.05, 0.1) is 12.1 Å². The van der Waals surface area contributed by atoms with Crippen molar-refractivity contribution in [2.45, 2.75) is 25.9 Å². The van der Waals surface area contributed by atoms with Crippen LogP contribution in [0.3, 0.4) is 0 Å². The molecule has 0 aliphatic heterocycles. The summed E-state index contributed by atoms with van der Waals surface area (Å²) in [6, 6.07) is 56.8. The van der Waals surface area contributed by atoms with Crippen molar-refractivity contribution in [3.8, 4) is 56.0 Å². The summed E-state index contributed by atoms with van der Waals surface area (Å²) in [5.74, 6) is 0.377. The van der Waals surface area contributed by atoms with Gasteiger partial charge in [-0.1, -0.05) is 158 Å². The Morgan fingerprint density at radius 1 is 0.407 bits per heavy atom. The zero-order valence-corrected chi connectivity index (χ0v) is 30.3. The van der Waals surface area contributed by atoms with Crippen molar-refractivity contribution in [3.05, 3.63) is 181 Å². The molecule has 8 rings (SSSR count). The molecule has 0 spiro atoms. The number of aliphatic imine (C=N–C) groups is 2. The lowest BCUT2D eigenvalue weighted by Crippen LogP contribution is -2.16. The minimum Gasteiger partial charge on any atom is -0.507 e. The molecule has 8 aromatic rings. The fourth-order valence-electron chi connectivity index (χ4n) is 7.24. The van der Waals surface area contributed by atoms with Gasteiger partial charge >= 0.3 is 0 Å². The maximum atomic E-state index is 11.9. The molecular weight excluding hydrogens is 661 g/mol. The van der Waals surface area contributed by atoms with Crippen molar-refractivity contribution in [3.63, 3.8) is 0 Å². The predicted molar refractivity (Wildman–Crippen MR) is 227 cm³/mol. The molecule has 0 heterocycles. The van der Waals surface area contributed by atoms with Gasteiger partial charge in [-0.05, 0) is 80.9 Å². The monoisotopic (exact) mass is 700 g/mol. The summed E-state index contributed by atoms with van der Waals surface area (Å²) >= 11 is 0. The zero-order valence-electron chi connectivity index (χ0n) is 30.3. The van der Waals surface area contributed by atoms with Gasteiger partial charge in [0.2, 0.25) is 0 Å². The number of hydrogen-bond donors (Lipinski definition) is 2. The smallest absolute Gasteiger partial charge is 0.132 e. The van der Waals surface area contributed by atoms with Gasteiger partial charge in [0.1, 0.15) is 11.5 Å². The topological polar surface area (TPSA) is 65.2 Å². The highest BCUT2D eigenvalue weighted by Gasteiger charge is 2.20. The lowest BCUT2D eigenvalue weighted by molar-refractivity contribution is 0.476. The maximum absolute atomic E-state index is 11.9. The second-order valence-corrected chi connectivity index (χ2v) is 13.7. The first-order valence-corrected chi connectivity index (χ1v) is 18.3. The van der Waals surface area contributed by atoms with Crippen molar-refractivity contribution in [2.24, 2.45) is 9.98 Å². The summed E-state index contributed by atoms with van der Waals surface area (Å²) in [4.78, 5) is 9.82. The van der Waals surface area contributed by atoms with E-state index in [4.69, 9.17) is 9.98 Å². The van der Waals surface area contributed by atoms with Gasteiger partial charge in [0.15, 0.2) is 0 Å². The molecule has 0 amide bonds. The first-order valence-electron chi connectivity index (χ1n) is 18.3. The second-order valence-electron chi connectivity index (χ2n) is 13.7. The molecule has 4 heteroatoms. The Hall–Kier alpha value is -6.78. The van der Waals surface area contributed by atoms with Gasteiger partial charge in [-0.25, -0.2) is 0 Å². The van der Waals surface area contributed by atoms with Crippen molar-refractivity contribution < 1.29 is 10.2 Å². The molecule has 0 aliphatic carbocycles. The van der Waals surface area contributed by atoms with Gasteiger partial charge in [0.25, 0.3) is 0 Å². The fourth-order valence-corrected chi connectivity index (χ4v) is 7.24. The normalized spacial score (nSPS) is 12.9. The highest BCUT2D eigenvalue weighted by Crippen LogP contribution is 2.44. The van der Waals surface area contributed by atoms with Crippen LogP contribution >= 0.6 is 0 Å². The van der Waals surface area contributed by atoms with Crippen LogP contribution in [0, 0.1) is 0 Å². The summed E-state index contributed by atoms with van der Waals surface area (Å²) in [5.41, 5.74) is 9.03. The van der Waals surface area contributed by atoms with E-state index in [9.17, 15) is 10.2 Å². The Morgan fingerprint density at radius 3 is 1.15 bits per heavy atom. The van der Waals surface area contributed by atoms with Gasteiger partial charge < -0.3 is 10.2 Å². The summed E-state index contributed by atoms with van der Waals surface area (Å²) in [6.07, 6.45) is 3.53. The third kappa shape index (κ3) is 6.66. The van der Waals surface area contributed by atoms with Gasteiger partial charge in [-0.3, -0.25) is 9.98 Å².